The van der Waals surface area contributed by atoms with Gasteiger partial charge in [0, 0.05) is 11.4 Å². The number of hydrogen-bond donors (Lipinski definition) is 1. The van der Waals surface area contributed by atoms with Gasteiger partial charge in [-0.05, 0) is 43.7 Å². The maximum Gasteiger partial charge on any atom is 0.322 e. The third kappa shape index (κ3) is 3.36. The van der Waals surface area contributed by atoms with Crippen LogP contribution >= 0.6 is 23.4 Å². The van der Waals surface area contributed by atoms with Crippen molar-refractivity contribution in [1.29, 1.82) is 0 Å². The first-order chi connectivity index (χ1) is 9.87. The van der Waals surface area contributed by atoms with Gasteiger partial charge in [0.2, 0.25) is 10.0 Å². The van der Waals surface area contributed by atoms with Crippen molar-refractivity contribution in [2.75, 3.05) is 12.8 Å². The molecular formula is C13H16ClNO4S2. The molecule has 1 aromatic carbocycles. The van der Waals surface area contributed by atoms with Gasteiger partial charge in [0.25, 0.3) is 0 Å². The molecule has 1 atom stereocenters. The molecule has 0 aliphatic carbocycles. The second kappa shape index (κ2) is 6.56. The SMILES string of the molecule is CSc1ccc(S(=O)(=O)N2CCCCC2C(=O)O)cc1Cl. The predicted molar refractivity (Wildman–Crippen MR) is 82.4 cm³/mol. The van der Waals surface area contributed by atoms with Crippen molar-refractivity contribution in [1.82, 2.24) is 4.31 Å². The highest BCUT2D eigenvalue weighted by molar-refractivity contribution is 7.98. The van der Waals surface area contributed by atoms with Crippen LogP contribution in [0, 0.1) is 0 Å². The Bertz CT molecular complexity index is 648. The number of sulfonamides is 1. The van der Waals surface area contributed by atoms with Crippen LogP contribution in [-0.2, 0) is 14.8 Å². The molecule has 0 saturated carbocycles. The molecule has 1 unspecified atom stereocenters. The molecule has 116 valence electrons. The summed E-state index contributed by atoms with van der Waals surface area (Å²) in [4.78, 5) is 12.1. The number of hydrogen-bond acceptors (Lipinski definition) is 4. The van der Waals surface area contributed by atoms with Gasteiger partial charge in [-0.3, -0.25) is 4.79 Å². The summed E-state index contributed by atoms with van der Waals surface area (Å²) in [7, 11) is -3.84. The summed E-state index contributed by atoms with van der Waals surface area (Å²) in [6.45, 7) is 0.223. The Hall–Kier alpha value is -0.760. The van der Waals surface area contributed by atoms with Crippen molar-refractivity contribution in [3.63, 3.8) is 0 Å². The third-order valence-corrected chi connectivity index (χ3v) is 6.59. The fraction of sp³-hybridized carbons (Fsp3) is 0.462. The van der Waals surface area contributed by atoms with Crippen molar-refractivity contribution in [2.45, 2.75) is 35.1 Å². The van der Waals surface area contributed by atoms with Crippen LogP contribution in [0.1, 0.15) is 19.3 Å². The molecule has 0 aromatic heterocycles. The summed E-state index contributed by atoms with van der Waals surface area (Å²) in [6.07, 6.45) is 3.57. The molecule has 8 heteroatoms. The van der Waals surface area contributed by atoms with E-state index >= 15 is 0 Å². The summed E-state index contributed by atoms with van der Waals surface area (Å²) in [5.41, 5.74) is 0. The van der Waals surface area contributed by atoms with E-state index < -0.39 is 22.0 Å². The number of thioether (sulfide) groups is 1. The van der Waals surface area contributed by atoms with Crippen molar-refractivity contribution in [3.8, 4) is 0 Å². The van der Waals surface area contributed by atoms with Crippen LogP contribution in [0.15, 0.2) is 28.0 Å². The van der Waals surface area contributed by atoms with Crippen LogP contribution < -0.4 is 0 Å². The number of piperidine rings is 1. The van der Waals surface area contributed by atoms with Gasteiger partial charge in [0.05, 0.1) is 9.92 Å². The normalized spacial score (nSPS) is 20.4. The Balaban J connectivity index is 2.40. The molecule has 0 spiro atoms. The van der Waals surface area contributed by atoms with Gasteiger partial charge in [-0.2, -0.15) is 4.31 Å². The van der Waals surface area contributed by atoms with Gasteiger partial charge in [-0.15, -0.1) is 11.8 Å². The predicted octanol–water partition coefficient (Wildman–Crippen LogP) is 2.69. The second-order valence-corrected chi connectivity index (χ2v) is 7.91. The summed E-state index contributed by atoms with van der Waals surface area (Å²) in [6, 6.07) is 3.50. The van der Waals surface area contributed by atoms with Gasteiger partial charge in [0.1, 0.15) is 6.04 Å². The Morgan fingerprint density at radius 3 is 2.71 bits per heavy atom. The fourth-order valence-electron chi connectivity index (χ4n) is 2.38. The van der Waals surface area contributed by atoms with E-state index in [1.807, 2.05) is 6.26 Å². The van der Waals surface area contributed by atoms with E-state index in [1.165, 1.54) is 23.9 Å². The molecule has 0 radical (unpaired) electrons. The minimum atomic E-state index is -3.84. The number of carbonyl (C=O) groups is 1. The van der Waals surface area contributed by atoms with Gasteiger partial charge < -0.3 is 5.11 Å². The standard InChI is InChI=1S/C13H16ClNO4S2/c1-20-12-6-5-9(8-10(12)14)21(18,19)15-7-3-2-4-11(15)13(16)17/h5-6,8,11H,2-4,7H2,1H3,(H,16,17). The van der Waals surface area contributed by atoms with Crippen molar-refractivity contribution in [2.24, 2.45) is 0 Å². The highest BCUT2D eigenvalue weighted by atomic mass is 35.5. The van der Waals surface area contributed by atoms with Gasteiger partial charge >= 0.3 is 5.97 Å². The Morgan fingerprint density at radius 1 is 1.43 bits per heavy atom. The molecular weight excluding hydrogens is 334 g/mol. The van der Waals surface area contributed by atoms with E-state index in [0.29, 0.717) is 17.9 Å². The molecule has 1 saturated heterocycles. The average molecular weight is 350 g/mol. The van der Waals surface area contributed by atoms with E-state index in [0.717, 1.165) is 15.6 Å². The van der Waals surface area contributed by atoms with Crippen LogP contribution in [0.2, 0.25) is 5.02 Å². The van der Waals surface area contributed by atoms with E-state index in [1.54, 1.807) is 6.07 Å². The zero-order valence-corrected chi connectivity index (χ0v) is 13.8. The number of benzene rings is 1. The first-order valence-electron chi connectivity index (χ1n) is 6.46. The smallest absolute Gasteiger partial charge is 0.322 e. The zero-order chi connectivity index (χ0) is 15.6. The van der Waals surface area contributed by atoms with Gasteiger partial charge in [-0.25, -0.2) is 8.42 Å². The lowest BCUT2D eigenvalue weighted by atomic mass is 10.1. The summed E-state index contributed by atoms with van der Waals surface area (Å²) in [5, 5.41) is 9.57. The quantitative estimate of drug-likeness (QED) is 0.846. The molecule has 1 aliphatic heterocycles. The highest BCUT2D eigenvalue weighted by Gasteiger charge is 2.37. The lowest BCUT2D eigenvalue weighted by Crippen LogP contribution is -2.47. The molecule has 1 fully saturated rings. The molecule has 0 bridgehead atoms. The van der Waals surface area contributed by atoms with E-state index in [-0.39, 0.29) is 11.4 Å². The number of halogens is 1. The Labute approximate surface area is 133 Å². The van der Waals surface area contributed by atoms with E-state index in [9.17, 15) is 18.3 Å². The first-order valence-corrected chi connectivity index (χ1v) is 9.50. The van der Waals surface area contributed by atoms with Crippen LogP contribution in [0.4, 0.5) is 0 Å². The average Bonchev–Trinajstić information content (AvgIpc) is 2.47. The molecule has 1 aromatic rings. The number of rotatable bonds is 4. The molecule has 5 nitrogen and oxygen atoms in total. The number of aliphatic carboxylic acids is 1. The van der Waals surface area contributed by atoms with E-state index in [4.69, 9.17) is 11.6 Å². The topological polar surface area (TPSA) is 74.7 Å². The number of carboxylic acid groups (broad SMARTS) is 1. The summed E-state index contributed by atoms with van der Waals surface area (Å²) >= 11 is 7.47. The fourth-order valence-corrected chi connectivity index (χ4v) is 4.99. The van der Waals surface area contributed by atoms with Gasteiger partial charge in [0.15, 0.2) is 0 Å². The zero-order valence-electron chi connectivity index (χ0n) is 11.5. The third-order valence-electron chi connectivity index (χ3n) is 3.47. The van der Waals surface area contributed by atoms with Crippen molar-refractivity contribution >= 4 is 39.4 Å². The first kappa shape index (κ1) is 16.6. The maximum absolute atomic E-state index is 12.7. The largest absolute Gasteiger partial charge is 0.480 e. The summed E-state index contributed by atoms with van der Waals surface area (Å²) in [5.74, 6) is -1.11. The second-order valence-electron chi connectivity index (χ2n) is 4.76. The number of nitrogens with zero attached hydrogens (tertiary/aromatic N) is 1. The van der Waals surface area contributed by atoms with E-state index in [2.05, 4.69) is 0 Å². The minimum Gasteiger partial charge on any atom is -0.480 e. The van der Waals surface area contributed by atoms with Gasteiger partial charge in [-0.1, -0.05) is 11.6 Å². The minimum absolute atomic E-state index is 0.0402. The van der Waals surface area contributed by atoms with Crippen molar-refractivity contribution in [3.05, 3.63) is 23.2 Å². The molecule has 21 heavy (non-hydrogen) atoms. The Kier molecular flexibility index (Phi) is 5.19. The molecule has 2 rings (SSSR count). The van der Waals surface area contributed by atoms with Crippen LogP contribution in [-0.4, -0.2) is 42.6 Å². The maximum atomic E-state index is 12.7. The molecule has 0 amide bonds. The van der Waals surface area contributed by atoms with Crippen molar-refractivity contribution < 1.29 is 18.3 Å². The molecule has 1 N–H and O–H groups in total. The highest BCUT2D eigenvalue weighted by Crippen LogP contribution is 2.31. The van der Waals surface area contributed by atoms with Crippen LogP contribution in [0.25, 0.3) is 0 Å². The van der Waals surface area contributed by atoms with Crippen LogP contribution in [0.5, 0.6) is 0 Å². The monoisotopic (exact) mass is 349 g/mol. The van der Waals surface area contributed by atoms with Crippen LogP contribution in [0.3, 0.4) is 0 Å². The lowest BCUT2D eigenvalue weighted by Gasteiger charge is -2.31. The Morgan fingerprint density at radius 2 is 2.14 bits per heavy atom. The number of carboxylic acids is 1. The lowest BCUT2D eigenvalue weighted by molar-refractivity contribution is -0.142. The molecule has 1 aliphatic rings. The molecule has 1 heterocycles. The summed E-state index contributed by atoms with van der Waals surface area (Å²) < 4.78 is 26.4.